The number of aliphatic hydroxyl groups excluding tert-OH is 1. The second-order valence-electron chi connectivity index (χ2n) is 4.37. The first-order valence-corrected chi connectivity index (χ1v) is 7.14. The molecule has 1 aromatic heterocycles. The van der Waals surface area contributed by atoms with E-state index in [0.29, 0.717) is 12.3 Å². The molecule has 0 spiro atoms. The van der Waals surface area contributed by atoms with E-state index < -0.39 is 0 Å². The number of rotatable bonds is 4. The maximum atomic E-state index is 11.6. The van der Waals surface area contributed by atoms with Gasteiger partial charge in [-0.1, -0.05) is 6.92 Å². The zero-order valence-electron chi connectivity index (χ0n) is 10.5. The van der Waals surface area contributed by atoms with E-state index >= 15 is 0 Å². The molecule has 0 radical (unpaired) electrons. The average Bonchev–Trinajstić information content (AvgIpc) is 2.86. The van der Waals surface area contributed by atoms with Crippen LogP contribution < -0.4 is 4.90 Å². The predicted molar refractivity (Wildman–Crippen MR) is 70.1 cm³/mol. The van der Waals surface area contributed by atoms with Gasteiger partial charge in [-0.25, -0.2) is 9.78 Å². The smallest absolute Gasteiger partial charge is 0.357 e. The molecule has 5 nitrogen and oxygen atoms in total. The van der Waals surface area contributed by atoms with Gasteiger partial charge in [0, 0.05) is 18.5 Å². The van der Waals surface area contributed by atoms with E-state index in [0.717, 1.165) is 37.5 Å². The van der Waals surface area contributed by atoms with E-state index in [9.17, 15) is 9.90 Å². The van der Waals surface area contributed by atoms with Crippen LogP contribution in [-0.4, -0.2) is 41.9 Å². The number of nitrogens with zero attached hydrogens (tertiary/aromatic N) is 2. The maximum absolute atomic E-state index is 11.6. The van der Waals surface area contributed by atoms with Crippen LogP contribution in [0.4, 0.5) is 5.13 Å². The van der Waals surface area contributed by atoms with Gasteiger partial charge in [-0.05, 0) is 19.3 Å². The lowest BCUT2D eigenvalue weighted by molar-refractivity contribution is 0.0499. The third-order valence-electron chi connectivity index (χ3n) is 2.87. The van der Waals surface area contributed by atoms with Crippen molar-refractivity contribution in [2.45, 2.75) is 32.3 Å². The maximum Gasteiger partial charge on any atom is 0.357 e. The molecule has 0 saturated carbocycles. The first-order chi connectivity index (χ1) is 8.70. The minimum Gasteiger partial charge on any atom is -0.461 e. The third kappa shape index (κ3) is 3.20. The summed E-state index contributed by atoms with van der Waals surface area (Å²) in [6.07, 6.45) is 2.13. The molecular formula is C12H18N2O3S. The van der Waals surface area contributed by atoms with E-state index in [2.05, 4.69) is 9.88 Å². The van der Waals surface area contributed by atoms with Crippen LogP contribution in [0.15, 0.2) is 5.38 Å². The van der Waals surface area contributed by atoms with Crippen molar-refractivity contribution in [2.24, 2.45) is 0 Å². The minimum atomic E-state index is -0.351. The normalized spacial score (nSPS) is 16.9. The molecule has 1 N–H and O–H groups in total. The second-order valence-corrected chi connectivity index (χ2v) is 5.21. The van der Waals surface area contributed by atoms with Crippen LogP contribution in [0.1, 0.15) is 36.7 Å². The number of aromatic nitrogens is 1. The van der Waals surface area contributed by atoms with Crippen LogP contribution in [0.5, 0.6) is 0 Å². The number of carbonyl (C=O) groups is 1. The van der Waals surface area contributed by atoms with Crippen LogP contribution >= 0.6 is 11.3 Å². The molecule has 2 heterocycles. The van der Waals surface area contributed by atoms with Crippen molar-refractivity contribution in [1.29, 1.82) is 0 Å². The first kappa shape index (κ1) is 13.3. The fourth-order valence-electron chi connectivity index (χ4n) is 1.83. The van der Waals surface area contributed by atoms with Gasteiger partial charge >= 0.3 is 5.97 Å². The lowest BCUT2D eigenvalue weighted by Crippen LogP contribution is -2.35. The Labute approximate surface area is 110 Å². The monoisotopic (exact) mass is 270 g/mol. The summed E-state index contributed by atoms with van der Waals surface area (Å²) in [6, 6.07) is 0. The lowest BCUT2D eigenvalue weighted by Gasteiger charge is -2.28. The zero-order chi connectivity index (χ0) is 13.0. The van der Waals surface area contributed by atoms with Gasteiger partial charge in [0.1, 0.15) is 0 Å². The Morgan fingerprint density at radius 1 is 1.61 bits per heavy atom. The van der Waals surface area contributed by atoms with Crippen molar-refractivity contribution in [2.75, 3.05) is 24.6 Å². The van der Waals surface area contributed by atoms with Crippen molar-refractivity contribution in [1.82, 2.24) is 4.98 Å². The molecule has 1 aromatic rings. The quantitative estimate of drug-likeness (QED) is 0.843. The Balaban J connectivity index is 1.95. The molecule has 1 aliphatic rings. The van der Waals surface area contributed by atoms with Gasteiger partial charge in [-0.2, -0.15) is 0 Å². The fourth-order valence-corrected chi connectivity index (χ4v) is 2.68. The molecule has 1 fully saturated rings. The van der Waals surface area contributed by atoms with Gasteiger partial charge in [0.25, 0.3) is 0 Å². The number of ether oxygens (including phenoxy) is 1. The Kier molecular flexibility index (Phi) is 4.54. The first-order valence-electron chi connectivity index (χ1n) is 6.26. The Bertz CT molecular complexity index is 400. The molecule has 6 heteroatoms. The highest BCUT2D eigenvalue weighted by atomic mass is 32.1. The predicted octanol–water partition coefficient (Wildman–Crippen LogP) is 1.67. The molecule has 0 bridgehead atoms. The van der Waals surface area contributed by atoms with Gasteiger partial charge in [0.15, 0.2) is 10.8 Å². The molecule has 2 rings (SSSR count). The highest BCUT2D eigenvalue weighted by Gasteiger charge is 2.21. The average molecular weight is 270 g/mol. The number of thiazole rings is 1. The molecule has 0 unspecified atom stereocenters. The number of piperidine rings is 1. The molecule has 0 aliphatic carbocycles. The molecular weight excluding hydrogens is 252 g/mol. The summed E-state index contributed by atoms with van der Waals surface area (Å²) in [4.78, 5) is 18.0. The van der Waals surface area contributed by atoms with Gasteiger partial charge in [0.05, 0.1) is 12.7 Å². The summed E-state index contributed by atoms with van der Waals surface area (Å²) < 4.78 is 5.04. The van der Waals surface area contributed by atoms with Gasteiger partial charge in [0.2, 0.25) is 0 Å². The Morgan fingerprint density at radius 3 is 3.00 bits per heavy atom. The van der Waals surface area contributed by atoms with Crippen molar-refractivity contribution in [3.8, 4) is 0 Å². The van der Waals surface area contributed by atoms with Crippen LogP contribution in [0, 0.1) is 0 Å². The summed E-state index contributed by atoms with van der Waals surface area (Å²) in [5.41, 5.74) is 0.384. The van der Waals surface area contributed by atoms with Crippen LogP contribution in [-0.2, 0) is 4.74 Å². The molecule has 18 heavy (non-hydrogen) atoms. The number of carbonyl (C=O) groups excluding carboxylic acids is 1. The SMILES string of the molecule is CCCOC(=O)c1csc(N2CCC(O)CC2)n1. The van der Waals surface area contributed by atoms with E-state index in [-0.39, 0.29) is 12.1 Å². The minimum absolute atomic E-state index is 0.199. The van der Waals surface area contributed by atoms with E-state index in [1.165, 1.54) is 11.3 Å². The summed E-state index contributed by atoms with van der Waals surface area (Å²) in [5, 5.41) is 12.0. The Morgan fingerprint density at radius 2 is 2.33 bits per heavy atom. The van der Waals surface area contributed by atoms with Crippen LogP contribution in [0.3, 0.4) is 0 Å². The van der Waals surface area contributed by atoms with Gasteiger partial charge in [-0.3, -0.25) is 0 Å². The number of esters is 1. The molecule has 0 atom stereocenters. The van der Waals surface area contributed by atoms with Crippen LogP contribution in [0.2, 0.25) is 0 Å². The van der Waals surface area contributed by atoms with Crippen molar-refractivity contribution in [3.63, 3.8) is 0 Å². The standard InChI is InChI=1S/C12H18N2O3S/c1-2-7-17-11(16)10-8-18-12(13-10)14-5-3-9(15)4-6-14/h8-9,15H,2-7H2,1H3. The number of aliphatic hydroxyl groups is 1. The highest BCUT2D eigenvalue weighted by Crippen LogP contribution is 2.24. The lowest BCUT2D eigenvalue weighted by atomic mass is 10.1. The molecule has 0 aromatic carbocycles. The zero-order valence-corrected chi connectivity index (χ0v) is 11.3. The molecule has 0 amide bonds. The molecule has 1 saturated heterocycles. The number of hydrogen-bond acceptors (Lipinski definition) is 6. The van der Waals surface area contributed by atoms with Crippen molar-refractivity contribution >= 4 is 22.4 Å². The van der Waals surface area contributed by atoms with Gasteiger partial charge in [-0.15, -0.1) is 11.3 Å². The fraction of sp³-hybridized carbons (Fsp3) is 0.667. The summed E-state index contributed by atoms with van der Waals surface area (Å²) in [7, 11) is 0. The number of hydrogen-bond donors (Lipinski definition) is 1. The number of anilines is 1. The van der Waals surface area contributed by atoms with Crippen molar-refractivity contribution < 1.29 is 14.6 Å². The van der Waals surface area contributed by atoms with E-state index in [1.54, 1.807) is 5.38 Å². The van der Waals surface area contributed by atoms with E-state index in [1.807, 2.05) is 6.92 Å². The largest absolute Gasteiger partial charge is 0.461 e. The summed E-state index contributed by atoms with van der Waals surface area (Å²) in [5.74, 6) is -0.351. The highest BCUT2D eigenvalue weighted by molar-refractivity contribution is 7.13. The molecule has 1 aliphatic heterocycles. The van der Waals surface area contributed by atoms with Gasteiger partial charge < -0.3 is 14.7 Å². The van der Waals surface area contributed by atoms with Crippen molar-refractivity contribution in [3.05, 3.63) is 11.1 Å². The summed E-state index contributed by atoms with van der Waals surface area (Å²) >= 11 is 1.45. The Hall–Kier alpha value is -1.14. The molecule has 100 valence electrons. The van der Waals surface area contributed by atoms with Crippen LogP contribution in [0.25, 0.3) is 0 Å². The van der Waals surface area contributed by atoms with E-state index in [4.69, 9.17) is 4.74 Å². The second kappa shape index (κ2) is 6.15. The summed E-state index contributed by atoms with van der Waals surface area (Å²) in [6.45, 7) is 3.97. The third-order valence-corrected chi connectivity index (χ3v) is 3.77. The topological polar surface area (TPSA) is 62.7 Å².